The van der Waals surface area contributed by atoms with E-state index in [4.69, 9.17) is 11.6 Å². The molecule has 1 fully saturated rings. The summed E-state index contributed by atoms with van der Waals surface area (Å²) in [6.45, 7) is 7.55. The molecule has 1 saturated heterocycles. The largest absolute Gasteiger partial charge is 0.354 e. The highest BCUT2D eigenvalue weighted by molar-refractivity contribution is 6.33. The first-order valence-electron chi connectivity index (χ1n) is 11.7. The number of hydrogen-bond acceptors (Lipinski definition) is 3. The van der Waals surface area contributed by atoms with Crippen LogP contribution in [-0.2, 0) is 4.79 Å². The molecule has 1 aliphatic rings. The third kappa shape index (κ3) is 6.97. The van der Waals surface area contributed by atoms with Gasteiger partial charge in [0, 0.05) is 25.3 Å². The number of carbonyl (C=O) groups is 3. The monoisotopic (exact) mass is 484 g/mol. The van der Waals surface area contributed by atoms with Crippen LogP contribution in [0.15, 0.2) is 48.5 Å². The first-order valence-corrected chi connectivity index (χ1v) is 12.1. The zero-order valence-corrected chi connectivity index (χ0v) is 20.7. The van der Waals surface area contributed by atoms with Gasteiger partial charge in [-0.2, -0.15) is 0 Å². The molecule has 0 aromatic heterocycles. The highest BCUT2D eigenvalue weighted by atomic mass is 35.5. The Bertz CT molecular complexity index is 1000. The maximum Gasteiger partial charge on any atom is 0.321 e. The van der Waals surface area contributed by atoms with E-state index in [0.717, 1.165) is 11.3 Å². The molecule has 2 aromatic carbocycles. The topological polar surface area (TPSA) is 90.5 Å². The van der Waals surface area contributed by atoms with Crippen LogP contribution in [0, 0.1) is 18.8 Å². The van der Waals surface area contributed by atoms with Crippen molar-refractivity contribution in [2.24, 2.45) is 11.8 Å². The van der Waals surface area contributed by atoms with E-state index in [1.54, 1.807) is 29.2 Å². The van der Waals surface area contributed by atoms with Crippen molar-refractivity contribution in [3.8, 4) is 0 Å². The van der Waals surface area contributed by atoms with Crippen molar-refractivity contribution in [2.75, 3.05) is 25.0 Å². The Morgan fingerprint density at radius 1 is 1.03 bits per heavy atom. The molecule has 3 N–H and O–H groups in total. The van der Waals surface area contributed by atoms with E-state index < -0.39 is 6.04 Å². The lowest BCUT2D eigenvalue weighted by Crippen LogP contribution is -2.54. The van der Waals surface area contributed by atoms with E-state index in [2.05, 4.69) is 16.0 Å². The van der Waals surface area contributed by atoms with Crippen LogP contribution in [0.5, 0.6) is 0 Å². The first-order chi connectivity index (χ1) is 16.2. The fourth-order valence-corrected chi connectivity index (χ4v) is 4.17. The summed E-state index contributed by atoms with van der Waals surface area (Å²) in [4.78, 5) is 40.4. The van der Waals surface area contributed by atoms with Crippen molar-refractivity contribution >= 4 is 35.1 Å². The van der Waals surface area contributed by atoms with Crippen molar-refractivity contribution in [3.05, 3.63) is 64.7 Å². The summed E-state index contributed by atoms with van der Waals surface area (Å²) in [5.74, 6) is -0.398. The van der Waals surface area contributed by atoms with Gasteiger partial charge in [-0.15, -0.1) is 0 Å². The third-order valence-corrected chi connectivity index (χ3v) is 6.30. The fourth-order valence-electron chi connectivity index (χ4n) is 3.95. The second kappa shape index (κ2) is 11.9. The molecule has 1 atom stereocenters. The Morgan fingerprint density at radius 3 is 2.29 bits per heavy atom. The number of amides is 4. The van der Waals surface area contributed by atoms with E-state index in [1.165, 1.54) is 0 Å². The van der Waals surface area contributed by atoms with Crippen LogP contribution < -0.4 is 16.0 Å². The number of nitrogens with zero attached hydrogens (tertiary/aromatic N) is 1. The van der Waals surface area contributed by atoms with Gasteiger partial charge >= 0.3 is 6.03 Å². The second-order valence-corrected chi connectivity index (χ2v) is 9.60. The summed E-state index contributed by atoms with van der Waals surface area (Å²) < 4.78 is 0. The molecule has 0 radical (unpaired) electrons. The number of urea groups is 1. The van der Waals surface area contributed by atoms with Gasteiger partial charge in [0.15, 0.2) is 0 Å². The van der Waals surface area contributed by atoms with Crippen molar-refractivity contribution in [1.29, 1.82) is 0 Å². The number of carbonyl (C=O) groups excluding carboxylic acids is 3. The normalized spacial score (nSPS) is 15.0. The molecular weight excluding hydrogens is 452 g/mol. The minimum atomic E-state index is -0.704. The van der Waals surface area contributed by atoms with Gasteiger partial charge in [-0.25, -0.2) is 4.79 Å². The Morgan fingerprint density at radius 2 is 1.68 bits per heavy atom. The van der Waals surface area contributed by atoms with Gasteiger partial charge in [0.1, 0.15) is 6.04 Å². The highest BCUT2D eigenvalue weighted by Crippen LogP contribution is 2.23. The number of likely N-dealkylation sites (tertiary alicyclic amines) is 1. The molecule has 0 bridgehead atoms. The summed E-state index contributed by atoms with van der Waals surface area (Å²) >= 11 is 6.19. The summed E-state index contributed by atoms with van der Waals surface area (Å²) in [6.07, 6.45) is 1.20. The lowest BCUT2D eigenvalue weighted by atomic mass is 9.88. The first kappa shape index (κ1) is 25.6. The number of piperidine rings is 1. The molecule has 7 nitrogen and oxygen atoms in total. The smallest absolute Gasteiger partial charge is 0.321 e. The predicted molar refractivity (Wildman–Crippen MR) is 135 cm³/mol. The lowest BCUT2D eigenvalue weighted by Gasteiger charge is -2.36. The van der Waals surface area contributed by atoms with Crippen LogP contribution in [0.3, 0.4) is 0 Å². The number of benzene rings is 2. The van der Waals surface area contributed by atoms with E-state index in [0.29, 0.717) is 43.1 Å². The van der Waals surface area contributed by atoms with Gasteiger partial charge in [0.2, 0.25) is 5.91 Å². The number of aryl methyl sites for hydroxylation is 1. The molecule has 0 aliphatic carbocycles. The standard InChI is InChI=1S/C26H33ClN4O3/c1-17(2)16-28-25(33)23(30-24(32)21-6-4-5-7-22(21)27)19-12-14-31(15-13-19)26(34)29-20-10-8-18(3)9-11-20/h4-11,17,19,23H,12-16H2,1-3H3,(H,28,33)(H,29,34)(H,30,32)/t23-/m0/s1. The van der Waals surface area contributed by atoms with E-state index in [-0.39, 0.29) is 29.7 Å². The molecule has 2 aromatic rings. The Kier molecular flexibility index (Phi) is 8.93. The predicted octanol–water partition coefficient (Wildman–Crippen LogP) is 4.46. The minimum Gasteiger partial charge on any atom is -0.354 e. The zero-order valence-electron chi connectivity index (χ0n) is 19.9. The summed E-state index contributed by atoms with van der Waals surface area (Å²) in [5.41, 5.74) is 2.20. The molecule has 4 amide bonds. The Labute approximate surface area is 206 Å². The average Bonchev–Trinajstić information content (AvgIpc) is 2.82. The average molecular weight is 485 g/mol. The van der Waals surface area contributed by atoms with E-state index >= 15 is 0 Å². The van der Waals surface area contributed by atoms with Crippen molar-refractivity contribution in [2.45, 2.75) is 39.7 Å². The van der Waals surface area contributed by atoms with Gasteiger partial charge in [-0.05, 0) is 55.9 Å². The van der Waals surface area contributed by atoms with E-state index in [1.807, 2.05) is 45.0 Å². The molecule has 182 valence electrons. The van der Waals surface area contributed by atoms with Gasteiger partial charge in [-0.3, -0.25) is 9.59 Å². The zero-order chi connectivity index (χ0) is 24.7. The number of anilines is 1. The molecule has 8 heteroatoms. The minimum absolute atomic E-state index is 0.0953. The van der Waals surface area contributed by atoms with Gasteiger partial charge < -0.3 is 20.9 Å². The van der Waals surface area contributed by atoms with Crippen molar-refractivity contribution in [1.82, 2.24) is 15.5 Å². The number of nitrogens with one attached hydrogen (secondary N) is 3. The summed E-state index contributed by atoms with van der Waals surface area (Å²) in [7, 11) is 0. The van der Waals surface area contributed by atoms with Crippen LogP contribution in [-0.4, -0.2) is 48.4 Å². The van der Waals surface area contributed by atoms with Crippen molar-refractivity contribution in [3.63, 3.8) is 0 Å². The maximum absolute atomic E-state index is 13.0. The molecule has 0 saturated carbocycles. The third-order valence-electron chi connectivity index (χ3n) is 5.97. The molecule has 34 heavy (non-hydrogen) atoms. The van der Waals surface area contributed by atoms with Crippen LogP contribution in [0.1, 0.15) is 42.6 Å². The van der Waals surface area contributed by atoms with Gasteiger partial charge in [-0.1, -0.05) is 55.3 Å². The lowest BCUT2D eigenvalue weighted by molar-refractivity contribution is -0.124. The van der Waals surface area contributed by atoms with Crippen LogP contribution >= 0.6 is 11.6 Å². The molecule has 0 spiro atoms. The van der Waals surface area contributed by atoms with Crippen LogP contribution in [0.25, 0.3) is 0 Å². The molecule has 1 heterocycles. The maximum atomic E-state index is 13.0. The number of hydrogen-bond donors (Lipinski definition) is 3. The van der Waals surface area contributed by atoms with Gasteiger partial charge in [0.05, 0.1) is 10.6 Å². The SMILES string of the molecule is Cc1ccc(NC(=O)N2CCC([C@H](NC(=O)c3ccccc3Cl)C(=O)NCC(C)C)CC2)cc1. The van der Waals surface area contributed by atoms with Crippen LogP contribution in [0.4, 0.5) is 10.5 Å². The summed E-state index contributed by atoms with van der Waals surface area (Å²) in [6, 6.07) is 13.6. The summed E-state index contributed by atoms with van der Waals surface area (Å²) in [5, 5.41) is 9.10. The van der Waals surface area contributed by atoms with Crippen molar-refractivity contribution < 1.29 is 14.4 Å². The second-order valence-electron chi connectivity index (χ2n) is 9.19. The Balaban J connectivity index is 1.64. The quantitative estimate of drug-likeness (QED) is 0.541. The highest BCUT2D eigenvalue weighted by Gasteiger charge is 2.34. The number of halogens is 1. The molecule has 0 unspecified atom stereocenters. The number of rotatable bonds is 7. The molecule has 3 rings (SSSR count). The van der Waals surface area contributed by atoms with Crippen LogP contribution in [0.2, 0.25) is 5.02 Å². The molecule has 1 aliphatic heterocycles. The van der Waals surface area contributed by atoms with E-state index in [9.17, 15) is 14.4 Å². The fraction of sp³-hybridized carbons (Fsp3) is 0.423. The molecular formula is C26H33ClN4O3. The Hall–Kier alpha value is -3.06. The van der Waals surface area contributed by atoms with Gasteiger partial charge in [0.25, 0.3) is 5.91 Å².